The smallest absolute Gasteiger partial charge is 0.319 e. The Morgan fingerprint density at radius 1 is 1.16 bits per heavy atom. The zero-order chi connectivity index (χ0) is 17.6. The molecule has 0 aliphatic heterocycles. The van der Waals surface area contributed by atoms with E-state index in [2.05, 4.69) is 39.3 Å². The van der Waals surface area contributed by atoms with Gasteiger partial charge >= 0.3 is 6.03 Å². The van der Waals surface area contributed by atoms with Crippen molar-refractivity contribution in [3.05, 3.63) is 54.4 Å². The first-order valence-electron chi connectivity index (χ1n) is 8.52. The largest absolute Gasteiger partial charge is 0.357 e. The van der Waals surface area contributed by atoms with E-state index < -0.39 is 0 Å². The van der Waals surface area contributed by atoms with Crippen LogP contribution in [0.3, 0.4) is 0 Å². The number of hydrogen-bond acceptors (Lipinski definition) is 3. The van der Waals surface area contributed by atoms with Crippen molar-refractivity contribution in [2.24, 2.45) is 0 Å². The number of fused-ring (bicyclic) bond motifs is 1. The van der Waals surface area contributed by atoms with Crippen molar-refractivity contribution in [2.75, 3.05) is 23.3 Å². The fourth-order valence-electron chi connectivity index (χ4n) is 2.77. The minimum Gasteiger partial charge on any atom is -0.357 e. The van der Waals surface area contributed by atoms with Crippen molar-refractivity contribution < 1.29 is 4.79 Å². The van der Waals surface area contributed by atoms with Gasteiger partial charge in [-0.05, 0) is 43.5 Å². The Hall–Kier alpha value is -3.02. The van der Waals surface area contributed by atoms with Gasteiger partial charge in [0, 0.05) is 24.3 Å². The summed E-state index contributed by atoms with van der Waals surface area (Å²) in [7, 11) is 0. The molecule has 3 N–H and O–H groups in total. The first kappa shape index (κ1) is 16.8. The number of pyridine rings is 1. The van der Waals surface area contributed by atoms with Crippen LogP contribution in [0.4, 0.5) is 16.3 Å². The van der Waals surface area contributed by atoms with Crippen LogP contribution in [-0.2, 0) is 6.54 Å². The summed E-state index contributed by atoms with van der Waals surface area (Å²) in [6.45, 7) is 6.43. The van der Waals surface area contributed by atoms with Gasteiger partial charge in [0.05, 0.1) is 18.4 Å². The van der Waals surface area contributed by atoms with Crippen molar-refractivity contribution >= 4 is 28.4 Å². The lowest BCUT2D eigenvalue weighted by atomic mass is 10.2. The van der Waals surface area contributed by atoms with E-state index in [0.29, 0.717) is 12.2 Å². The monoisotopic (exact) mass is 337 g/mol. The number of benzene rings is 1. The predicted octanol–water partition coefficient (Wildman–Crippen LogP) is 3.73. The fourth-order valence-corrected chi connectivity index (χ4v) is 2.77. The summed E-state index contributed by atoms with van der Waals surface area (Å²) in [4.78, 5) is 21.9. The molecular formula is C19H23N5O. The quantitative estimate of drug-likeness (QED) is 0.642. The molecule has 0 saturated carbocycles. The van der Waals surface area contributed by atoms with E-state index in [1.807, 2.05) is 42.5 Å². The number of urea groups is 1. The molecule has 3 aromatic rings. The molecule has 0 atom stereocenters. The van der Waals surface area contributed by atoms with Crippen molar-refractivity contribution in [2.45, 2.75) is 20.4 Å². The number of H-pyrrole nitrogens is 1. The van der Waals surface area contributed by atoms with Crippen LogP contribution < -0.4 is 15.5 Å². The molecular weight excluding hydrogens is 314 g/mol. The van der Waals surface area contributed by atoms with Gasteiger partial charge in [0.2, 0.25) is 0 Å². The van der Waals surface area contributed by atoms with Gasteiger partial charge in [0.1, 0.15) is 5.82 Å². The Kier molecular flexibility index (Phi) is 5.18. The SMILES string of the molecule is CCN(CC)c1ccc(NC(=O)NCc2cc3ccccc3[nH]2)cn1. The first-order chi connectivity index (χ1) is 12.2. The zero-order valence-electron chi connectivity index (χ0n) is 14.5. The second-order valence-electron chi connectivity index (χ2n) is 5.77. The van der Waals surface area contributed by atoms with Gasteiger partial charge in [-0.2, -0.15) is 0 Å². The summed E-state index contributed by atoms with van der Waals surface area (Å²) < 4.78 is 0. The standard InChI is InChI=1S/C19H23N5O/c1-3-24(4-2)18-10-9-15(12-20-18)23-19(25)21-13-16-11-14-7-5-6-8-17(14)22-16/h5-12,22H,3-4,13H2,1-2H3,(H2,21,23,25). The van der Waals surface area contributed by atoms with E-state index >= 15 is 0 Å². The molecule has 0 unspecified atom stereocenters. The van der Waals surface area contributed by atoms with Crippen molar-refractivity contribution in [3.8, 4) is 0 Å². The van der Waals surface area contributed by atoms with Gasteiger partial charge in [0.25, 0.3) is 0 Å². The van der Waals surface area contributed by atoms with E-state index in [9.17, 15) is 4.79 Å². The number of aromatic nitrogens is 2. The third-order valence-electron chi connectivity index (χ3n) is 4.12. The predicted molar refractivity (Wildman–Crippen MR) is 102 cm³/mol. The lowest BCUT2D eigenvalue weighted by Gasteiger charge is -2.19. The highest BCUT2D eigenvalue weighted by Gasteiger charge is 2.06. The molecule has 0 bridgehead atoms. The number of aromatic amines is 1. The van der Waals surface area contributed by atoms with Crippen molar-refractivity contribution in [1.82, 2.24) is 15.3 Å². The molecule has 2 aromatic heterocycles. The summed E-state index contributed by atoms with van der Waals surface area (Å²) in [5.41, 5.74) is 2.70. The third-order valence-corrected chi connectivity index (χ3v) is 4.12. The molecule has 6 heteroatoms. The maximum absolute atomic E-state index is 12.1. The molecule has 130 valence electrons. The lowest BCUT2D eigenvalue weighted by molar-refractivity contribution is 0.251. The second kappa shape index (κ2) is 7.70. The molecule has 2 amide bonds. The van der Waals surface area contributed by atoms with E-state index in [-0.39, 0.29) is 6.03 Å². The average molecular weight is 337 g/mol. The van der Waals surface area contributed by atoms with Crippen molar-refractivity contribution in [3.63, 3.8) is 0 Å². The Morgan fingerprint density at radius 3 is 2.64 bits per heavy atom. The van der Waals surface area contributed by atoms with Crippen LogP contribution in [0.5, 0.6) is 0 Å². The summed E-state index contributed by atoms with van der Waals surface area (Å²) in [5.74, 6) is 0.911. The molecule has 0 saturated heterocycles. The van der Waals surface area contributed by atoms with Crippen LogP contribution in [0.15, 0.2) is 48.7 Å². The van der Waals surface area contributed by atoms with E-state index in [4.69, 9.17) is 0 Å². The van der Waals surface area contributed by atoms with Gasteiger partial charge in [-0.1, -0.05) is 18.2 Å². The number of carbonyl (C=O) groups is 1. The van der Waals surface area contributed by atoms with E-state index in [0.717, 1.165) is 35.5 Å². The van der Waals surface area contributed by atoms with Gasteiger partial charge in [-0.25, -0.2) is 9.78 Å². The zero-order valence-corrected chi connectivity index (χ0v) is 14.5. The van der Waals surface area contributed by atoms with Crippen LogP contribution in [-0.4, -0.2) is 29.1 Å². The second-order valence-corrected chi connectivity index (χ2v) is 5.77. The molecule has 0 aliphatic rings. The van der Waals surface area contributed by atoms with Crippen LogP contribution in [0, 0.1) is 0 Å². The normalized spacial score (nSPS) is 10.6. The van der Waals surface area contributed by atoms with Crippen LogP contribution in [0.2, 0.25) is 0 Å². The Balaban J connectivity index is 1.55. The topological polar surface area (TPSA) is 73.1 Å². The number of nitrogens with zero attached hydrogens (tertiary/aromatic N) is 2. The summed E-state index contributed by atoms with van der Waals surface area (Å²) in [6.07, 6.45) is 1.68. The summed E-state index contributed by atoms with van der Waals surface area (Å²) >= 11 is 0. The highest BCUT2D eigenvalue weighted by molar-refractivity contribution is 5.89. The molecule has 25 heavy (non-hydrogen) atoms. The van der Waals surface area contributed by atoms with Crippen LogP contribution in [0.1, 0.15) is 19.5 Å². The number of anilines is 2. The number of hydrogen-bond donors (Lipinski definition) is 3. The average Bonchev–Trinajstić information content (AvgIpc) is 3.05. The van der Waals surface area contributed by atoms with E-state index in [1.165, 1.54) is 0 Å². The molecule has 3 rings (SSSR count). The van der Waals surface area contributed by atoms with Gasteiger partial charge in [-0.15, -0.1) is 0 Å². The number of rotatable bonds is 6. The van der Waals surface area contributed by atoms with Crippen molar-refractivity contribution in [1.29, 1.82) is 0 Å². The number of nitrogens with one attached hydrogen (secondary N) is 3. The highest BCUT2D eigenvalue weighted by atomic mass is 16.2. The molecule has 6 nitrogen and oxygen atoms in total. The Bertz CT molecular complexity index is 803. The Morgan fingerprint density at radius 2 is 1.96 bits per heavy atom. The number of amides is 2. The van der Waals surface area contributed by atoms with E-state index in [1.54, 1.807) is 6.20 Å². The van der Waals surface area contributed by atoms with Crippen LogP contribution in [0.25, 0.3) is 10.9 Å². The molecule has 0 spiro atoms. The summed E-state index contributed by atoms with van der Waals surface area (Å²) in [6, 6.07) is 13.6. The highest BCUT2D eigenvalue weighted by Crippen LogP contribution is 2.15. The number of carbonyl (C=O) groups excluding carboxylic acids is 1. The number of para-hydroxylation sites is 1. The fraction of sp³-hybridized carbons (Fsp3) is 0.263. The van der Waals surface area contributed by atoms with Gasteiger partial charge in [-0.3, -0.25) is 0 Å². The Labute approximate surface area is 147 Å². The van der Waals surface area contributed by atoms with Gasteiger partial charge in [0.15, 0.2) is 0 Å². The minimum absolute atomic E-state index is 0.254. The first-order valence-corrected chi connectivity index (χ1v) is 8.52. The molecule has 0 radical (unpaired) electrons. The van der Waals surface area contributed by atoms with Gasteiger partial charge < -0.3 is 20.5 Å². The van der Waals surface area contributed by atoms with Crippen LogP contribution >= 0.6 is 0 Å². The third kappa shape index (κ3) is 4.09. The maximum atomic E-state index is 12.1. The molecule has 2 heterocycles. The molecule has 0 aliphatic carbocycles. The minimum atomic E-state index is -0.254. The maximum Gasteiger partial charge on any atom is 0.319 e. The summed E-state index contributed by atoms with van der Waals surface area (Å²) in [5, 5.41) is 6.79. The molecule has 1 aromatic carbocycles. The lowest BCUT2D eigenvalue weighted by Crippen LogP contribution is -2.28. The molecule has 0 fully saturated rings.